The average molecular weight is 353 g/mol. The topological polar surface area (TPSA) is 96.8 Å². The Hall–Kier alpha value is -3.55. The van der Waals surface area contributed by atoms with Crippen LogP contribution in [0.2, 0.25) is 0 Å². The molecule has 8 heteroatoms. The predicted molar refractivity (Wildman–Crippen MR) is 97.0 cm³/mol. The quantitative estimate of drug-likeness (QED) is 0.605. The summed E-state index contributed by atoms with van der Waals surface area (Å²) in [6.45, 7) is 1.96. The summed E-state index contributed by atoms with van der Waals surface area (Å²) in [6, 6.07) is 10.9. The molecule has 0 bridgehead atoms. The van der Waals surface area contributed by atoms with Crippen LogP contribution in [0.3, 0.4) is 0 Å². The zero-order valence-corrected chi connectivity index (χ0v) is 14.4. The molecule has 1 aromatic carbocycles. The molecule has 134 valence electrons. The van der Waals surface area contributed by atoms with Gasteiger partial charge in [-0.25, -0.2) is 4.98 Å². The van der Waals surface area contributed by atoms with Crippen molar-refractivity contribution in [2.45, 2.75) is 6.92 Å². The third-order valence-corrected chi connectivity index (χ3v) is 3.71. The molecule has 0 atom stereocenters. The molecule has 0 unspecified atom stereocenters. The first kappa shape index (κ1) is 17.3. The fourth-order valence-corrected chi connectivity index (χ4v) is 2.32. The molecule has 0 aliphatic heterocycles. The summed E-state index contributed by atoms with van der Waals surface area (Å²) in [4.78, 5) is 28.2. The molecule has 2 aromatic heterocycles. The van der Waals surface area contributed by atoms with E-state index in [1.54, 1.807) is 42.0 Å². The van der Waals surface area contributed by atoms with Gasteiger partial charge >= 0.3 is 0 Å². The number of amides is 2. The molecule has 3 aromatic rings. The number of ether oxygens (including phenoxy) is 1. The summed E-state index contributed by atoms with van der Waals surface area (Å²) in [6.07, 6.45) is 3.43. The molecule has 0 saturated carbocycles. The number of carbonyl (C=O) groups excluding carboxylic acids is 2. The number of hydrogen-bond acceptors (Lipinski definition) is 5. The maximum atomic E-state index is 12.1. The summed E-state index contributed by atoms with van der Waals surface area (Å²) in [5.41, 5.74) is 7.42. The fraction of sp³-hybridized carbons (Fsp3) is 0.167. The van der Waals surface area contributed by atoms with E-state index in [9.17, 15) is 9.59 Å². The molecule has 26 heavy (non-hydrogen) atoms. The second kappa shape index (κ2) is 7.56. The molecule has 3 rings (SSSR count). The van der Waals surface area contributed by atoms with Crippen molar-refractivity contribution in [3.05, 3.63) is 60.0 Å². The minimum atomic E-state index is -0.482. The third kappa shape index (κ3) is 4.10. The molecule has 3 N–H and O–H groups in total. The van der Waals surface area contributed by atoms with Crippen molar-refractivity contribution in [3.63, 3.8) is 0 Å². The fourth-order valence-electron chi connectivity index (χ4n) is 2.32. The number of nitrogens with one attached hydrogen (secondary N) is 3. The number of pyridine rings is 1. The van der Waals surface area contributed by atoms with Crippen LogP contribution in [0, 0.1) is 6.92 Å². The van der Waals surface area contributed by atoms with Gasteiger partial charge in [0.15, 0.2) is 0 Å². The van der Waals surface area contributed by atoms with E-state index in [1.165, 1.54) is 0 Å². The highest BCUT2D eigenvalue weighted by Crippen LogP contribution is 2.14. The molecular weight excluding hydrogens is 334 g/mol. The highest BCUT2D eigenvalue weighted by atomic mass is 16.5. The van der Waals surface area contributed by atoms with Gasteiger partial charge in [0, 0.05) is 18.1 Å². The molecule has 0 aliphatic rings. The summed E-state index contributed by atoms with van der Waals surface area (Å²) in [5.74, 6) is -0.132. The number of benzene rings is 1. The highest BCUT2D eigenvalue weighted by molar-refractivity contribution is 5.94. The van der Waals surface area contributed by atoms with Gasteiger partial charge in [0.1, 0.15) is 17.1 Å². The maximum Gasteiger partial charge on any atom is 0.289 e. The van der Waals surface area contributed by atoms with Crippen LogP contribution < -0.4 is 20.9 Å². The Bertz CT molecular complexity index is 934. The van der Waals surface area contributed by atoms with Crippen LogP contribution in [0.1, 0.15) is 16.1 Å². The number of hydrazine groups is 1. The third-order valence-electron chi connectivity index (χ3n) is 3.71. The highest BCUT2D eigenvalue weighted by Gasteiger charge is 2.11. The number of rotatable bonds is 5. The monoisotopic (exact) mass is 353 g/mol. The van der Waals surface area contributed by atoms with Crippen LogP contribution in [-0.4, -0.2) is 34.9 Å². The zero-order valence-electron chi connectivity index (χ0n) is 14.4. The largest absolute Gasteiger partial charge is 0.497 e. The second-order valence-electron chi connectivity index (χ2n) is 5.68. The smallest absolute Gasteiger partial charge is 0.289 e. The summed E-state index contributed by atoms with van der Waals surface area (Å²) in [5, 5.41) is 2.95. The zero-order chi connectivity index (χ0) is 18.5. The van der Waals surface area contributed by atoms with Gasteiger partial charge < -0.3 is 14.5 Å². The van der Waals surface area contributed by atoms with Gasteiger partial charge in [0.05, 0.1) is 13.7 Å². The number of carbonyl (C=O) groups is 2. The molecule has 0 fully saturated rings. The van der Waals surface area contributed by atoms with E-state index < -0.39 is 5.91 Å². The average Bonchev–Trinajstić information content (AvgIpc) is 3.08. The lowest BCUT2D eigenvalue weighted by Gasteiger charge is -2.08. The second-order valence-corrected chi connectivity index (χ2v) is 5.68. The van der Waals surface area contributed by atoms with Crippen molar-refractivity contribution in [2.24, 2.45) is 0 Å². The van der Waals surface area contributed by atoms with Crippen LogP contribution in [0.15, 0.2) is 48.8 Å². The van der Waals surface area contributed by atoms with Crippen molar-refractivity contribution in [2.75, 3.05) is 19.0 Å². The van der Waals surface area contributed by atoms with Crippen molar-refractivity contribution < 1.29 is 14.3 Å². The lowest BCUT2D eigenvalue weighted by atomic mass is 10.3. The minimum Gasteiger partial charge on any atom is -0.497 e. The summed E-state index contributed by atoms with van der Waals surface area (Å²) in [7, 11) is 1.59. The Balaban J connectivity index is 1.50. The molecule has 2 heterocycles. The Kier molecular flexibility index (Phi) is 5.02. The normalized spacial score (nSPS) is 10.4. The molecule has 0 radical (unpaired) electrons. The van der Waals surface area contributed by atoms with Crippen molar-refractivity contribution in [1.29, 1.82) is 0 Å². The number of nitrogens with zero attached hydrogens (tertiary/aromatic N) is 2. The number of hydrogen-bond donors (Lipinski definition) is 3. The standard InChI is InChI=1S/C18H19N5O3/c1-12-7-8-23-11-15(20-16(23)9-12)18(25)22-21-17(24)10-19-13-3-5-14(26-2)6-4-13/h3-9,11,19H,10H2,1-2H3,(H,21,24)(H,22,25). The molecule has 0 saturated heterocycles. The number of anilines is 1. The van der Waals surface area contributed by atoms with Gasteiger partial charge in [-0.1, -0.05) is 0 Å². The van der Waals surface area contributed by atoms with E-state index in [4.69, 9.17) is 4.74 Å². The van der Waals surface area contributed by atoms with Gasteiger partial charge in [-0.15, -0.1) is 0 Å². The van der Waals surface area contributed by atoms with Crippen molar-refractivity contribution in [3.8, 4) is 5.75 Å². The molecule has 0 aliphatic carbocycles. The summed E-state index contributed by atoms with van der Waals surface area (Å²) >= 11 is 0. The Labute approximate surface area is 150 Å². The number of imidazole rings is 1. The van der Waals surface area contributed by atoms with Crippen LogP contribution in [-0.2, 0) is 4.79 Å². The first-order chi connectivity index (χ1) is 12.5. The van der Waals surface area contributed by atoms with E-state index in [0.29, 0.717) is 5.65 Å². The van der Waals surface area contributed by atoms with E-state index in [-0.39, 0.29) is 18.1 Å². The van der Waals surface area contributed by atoms with Gasteiger partial charge in [-0.2, -0.15) is 0 Å². The Morgan fingerprint density at radius 1 is 1.15 bits per heavy atom. The number of aromatic nitrogens is 2. The number of fused-ring (bicyclic) bond motifs is 1. The predicted octanol–water partition coefficient (Wildman–Crippen LogP) is 1.52. The first-order valence-electron chi connectivity index (χ1n) is 7.97. The molecule has 0 spiro atoms. The van der Waals surface area contributed by atoms with E-state index in [1.807, 2.05) is 25.3 Å². The number of methoxy groups -OCH3 is 1. The minimum absolute atomic E-state index is 0.0109. The van der Waals surface area contributed by atoms with Crippen LogP contribution in [0.4, 0.5) is 5.69 Å². The van der Waals surface area contributed by atoms with Crippen molar-refractivity contribution >= 4 is 23.1 Å². The summed E-state index contributed by atoms with van der Waals surface area (Å²) < 4.78 is 6.81. The maximum absolute atomic E-state index is 12.1. The van der Waals surface area contributed by atoms with Crippen molar-refractivity contribution in [1.82, 2.24) is 20.2 Å². The lowest BCUT2D eigenvalue weighted by Crippen LogP contribution is -2.44. The first-order valence-corrected chi connectivity index (χ1v) is 7.97. The van der Waals surface area contributed by atoms with E-state index >= 15 is 0 Å². The Morgan fingerprint density at radius 2 is 1.92 bits per heavy atom. The van der Waals surface area contributed by atoms with Gasteiger partial charge in [0.25, 0.3) is 11.8 Å². The van der Waals surface area contributed by atoms with Crippen LogP contribution >= 0.6 is 0 Å². The molecule has 8 nitrogen and oxygen atoms in total. The lowest BCUT2D eigenvalue weighted by molar-refractivity contribution is -0.120. The van der Waals surface area contributed by atoms with Gasteiger partial charge in [-0.3, -0.25) is 20.4 Å². The Morgan fingerprint density at radius 3 is 2.65 bits per heavy atom. The molecule has 2 amide bonds. The van der Waals surface area contributed by atoms with Gasteiger partial charge in [-0.05, 0) is 48.9 Å². The van der Waals surface area contributed by atoms with E-state index in [0.717, 1.165) is 17.0 Å². The SMILES string of the molecule is COc1ccc(NCC(=O)NNC(=O)c2cn3ccc(C)cc3n2)cc1. The van der Waals surface area contributed by atoms with E-state index in [2.05, 4.69) is 21.2 Å². The van der Waals surface area contributed by atoms with Crippen LogP contribution in [0.5, 0.6) is 5.75 Å². The molecular formula is C18H19N5O3. The van der Waals surface area contributed by atoms with Crippen LogP contribution in [0.25, 0.3) is 5.65 Å². The number of aryl methyl sites for hydroxylation is 1. The van der Waals surface area contributed by atoms with Gasteiger partial charge in [0.2, 0.25) is 0 Å².